The first-order valence-electron chi connectivity index (χ1n) is 5.72. The predicted octanol–water partition coefficient (Wildman–Crippen LogP) is 0.666. The largest absolute Gasteiger partial charge is 0.337 e. The first kappa shape index (κ1) is 10.5. The molecule has 0 unspecified atom stereocenters. The molecule has 6 heteroatoms. The maximum Gasteiger partial charge on any atom is 0.245 e. The fourth-order valence-electron chi connectivity index (χ4n) is 2.09. The van der Waals surface area contributed by atoms with Gasteiger partial charge in [-0.15, -0.1) is 5.10 Å². The number of hydrogen-bond acceptors (Lipinski definition) is 4. The Balaban J connectivity index is 1.94. The summed E-state index contributed by atoms with van der Waals surface area (Å²) in [6.07, 6.45) is 1.34. The first-order valence-corrected chi connectivity index (χ1v) is 5.72. The molecule has 0 spiro atoms. The molecule has 2 aromatic heterocycles. The number of aromatic nitrogens is 3. The lowest BCUT2D eigenvalue weighted by atomic mass is 10.2. The Labute approximate surface area is 98.3 Å². The molecule has 2 aromatic rings. The molecule has 1 fully saturated rings. The molecule has 0 aromatic carbocycles. The summed E-state index contributed by atoms with van der Waals surface area (Å²) in [5.41, 5.74) is 0.674. The second kappa shape index (κ2) is 3.96. The molecule has 1 saturated heterocycles. The van der Waals surface area contributed by atoms with Crippen LogP contribution < -0.4 is 10.2 Å². The van der Waals surface area contributed by atoms with Gasteiger partial charge in [0, 0.05) is 25.7 Å². The lowest BCUT2D eigenvalue weighted by molar-refractivity contribution is 0.479. The van der Waals surface area contributed by atoms with Crippen molar-refractivity contribution in [2.24, 2.45) is 0 Å². The molecule has 3 heterocycles. The first-order chi connectivity index (χ1) is 8.22. The van der Waals surface area contributed by atoms with Crippen molar-refractivity contribution in [1.82, 2.24) is 19.9 Å². The Morgan fingerprint density at radius 3 is 3.18 bits per heavy atom. The van der Waals surface area contributed by atoms with Crippen LogP contribution in [0.3, 0.4) is 0 Å². The van der Waals surface area contributed by atoms with Crippen molar-refractivity contribution in [3.8, 4) is 0 Å². The standard InChI is InChI=1S/C11H14FN5/c1-8-6-16(5-4-13-8)11-14-10-3-2-9(12)7-17(10)15-11/h2-3,7-8,13H,4-6H2,1H3/t8-/m1/s1. The molecule has 0 bridgehead atoms. The van der Waals surface area contributed by atoms with E-state index in [4.69, 9.17) is 0 Å². The fraction of sp³-hybridized carbons (Fsp3) is 0.455. The summed E-state index contributed by atoms with van der Waals surface area (Å²) in [6, 6.07) is 3.46. The van der Waals surface area contributed by atoms with Crippen LogP contribution in [0.4, 0.5) is 10.3 Å². The number of halogens is 1. The predicted molar refractivity (Wildman–Crippen MR) is 62.6 cm³/mol. The summed E-state index contributed by atoms with van der Waals surface area (Å²) in [7, 11) is 0. The summed E-state index contributed by atoms with van der Waals surface area (Å²) < 4.78 is 14.5. The van der Waals surface area contributed by atoms with Crippen molar-refractivity contribution >= 4 is 11.6 Å². The minimum Gasteiger partial charge on any atom is -0.337 e. The van der Waals surface area contributed by atoms with E-state index in [1.807, 2.05) is 0 Å². The van der Waals surface area contributed by atoms with Crippen LogP contribution in [0.15, 0.2) is 18.3 Å². The van der Waals surface area contributed by atoms with Crippen molar-refractivity contribution in [1.29, 1.82) is 0 Å². The average molecular weight is 235 g/mol. The summed E-state index contributed by atoms with van der Waals surface area (Å²) in [4.78, 5) is 6.51. The zero-order valence-corrected chi connectivity index (χ0v) is 9.60. The van der Waals surface area contributed by atoms with E-state index >= 15 is 0 Å². The molecule has 5 nitrogen and oxygen atoms in total. The molecule has 0 aliphatic carbocycles. The van der Waals surface area contributed by atoms with Gasteiger partial charge < -0.3 is 10.2 Å². The molecule has 0 saturated carbocycles. The van der Waals surface area contributed by atoms with E-state index in [0.717, 1.165) is 19.6 Å². The molecule has 1 N–H and O–H groups in total. The highest BCUT2D eigenvalue weighted by Crippen LogP contribution is 2.13. The molecule has 1 atom stereocenters. The molecule has 17 heavy (non-hydrogen) atoms. The molecule has 1 aliphatic heterocycles. The van der Waals surface area contributed by atoms with Gasteiger partial charge >= 0.3 is 0 Å². The normalized spacial score (nSPS) is 21.1. The van der Waals surface area contributed by atoms with Crippen LogP contribution in [0.2, 0.25) is 0 Å². The van der Waals surface area contributed by atoms with Gasteiger partial charge in [0.05, 0.1) is 6.20 Å². The van der Waals surface area contributed by atoms with Crippen LogP contribution in [0.1, 0.15) is 6.92 Å². The van der Waals surface area contributed by atoms with E-state index in [2.05, 4.69) is 27.2 Å². The number of anilines is 1. The van der Waals surface area contributed by atoms with Crippen molar-refractivity contribution in [2.45, 2.75) is 13.0 Å². The van der Waals surface area contributed by atoms with Gasteiger partial charge in [-0.2, -0.15) is 4.98 Å². The number of piperazine rings is 1. The maximum atomic E-state index is 13.0. The number of hydrogen-bond donors (Lipinski definition) is 1. The molecular weight excluding hydrogens is 221 g/mol. The van der Waals surface area contributed by atoms with Gasteiger partial charge in [0.25, 0.3) is 0 Å². The lowest BCUT2D eigenvalue weighted by Gasteiger charge is -2.30. The van der Waals surface area contributed by atoms with Gasteiger partial charge in [-0.05, 0) is 19.1 Å². The molecule has 90 valence electrons. The summed E-state index contributed by atoms with van der Waals surface area (Å²) in [5, 5.41) is 7.66. The minimum atomic E-state index is -0.303. The molecule has 1 aliphatic rings. The Morgan fingerprint density at radius 1 is 1.47 bits per heavy atom. The Hall–Kier alpha value is -1.69. The zero-order chi connectivity index (χ0) is 11.8. The summed E-state index contributed by atoms with van der Waals surface area (Å²) in [6.45, 7) is 4.80. The van der Waals surface area contributed by atoms with Gasteiger partial charge in [-0.3, -0.25) is 0 Å². The monoisotopic (exact) mass is 235 g/mol. The number of nitrogens with one attached hydrogen (secondary N) is 1. The van der Waals surface area contributed by atoms with Crippen LogP contribution in [0.25, 0.3) is 5.65 Å². The van der Waals surface area contributed by atoms with E-state index in [9.17, 15) is 4.39 Å². The highest BCUT2D eigenvalue weighted by Gasteiger charge is 2.19. The van der Waals surface area contributed by atoms with Crippen LogP contribution >= 0.6 is 0 Å². The molecule has 0 radical (unpaired) electrons. The molecule has 0 amide bonds. The van der Waals surface area contributed by atoms with Gasteiger partial charge in [-0.1, -0.05) is 0 Å². The number of nitrogens with zero attached hydrogens (tertiary/aromatic N) is 4. The van der Waals surface area contributed by atoms with E-state index in [1.165, 1.54) is 16.8 Å². The quantitative estimate of drug-likeness (QED) is 0.789. The smallest absolute Gasteiger partial charge is 0.245 e. The number of pyridine rings is 1. The molecule has 3 rings (SSSR count). The lowest BCUT2D eigenvalue weighted by Crippen LogP contribution is -2.49. The Kier molecular flexibility index (Phi) is 2.44. The fourth-order valence-corrected chi connectivity index (χ4v) is 2.09. The maximum absolute atomic E-state index is 13.0. The van der Waals surface area contributed by atoms with Gasteiger partial charge in [0.15, 0.2) is 5.65 Å². The molecular formula is C11H14FN5. The zero-order valence-electron chi connectivity index (χ0n) is 9.60. The SMILES string of the molecule is C[C@@H]1CN(c2nc3ccc(F)cn3n2)CCN1. The van der Waals surface area contributed by atoms with Crippen LogP contribution in [0, 0.1) is 5.82 Å². The van der Waals surface area contributed by atoms with Gasteiger partial charge in [0.2, 0.25) is 5.95 Å². The van der Waals surface area contributed by atoms with Crippen LogP contribution in [0.5, 0.6) is 0 Å². The van der Waals surface area contributed by atoms with Crippen LogP contribution in [-0.2, 0) is 0 Å². The van der Waals surface area contributed by atoms with Crippen molar-refractivity contribution in [3.63, 3.8) is 0 Å². The van der Waals surface area contributed by atoms with Crippen molar-refractivity contribution < 1.29 is 4.39 Å². The van der Waals surface area contributed by atoms with Gasteiger partial charge in [-0.25, -0.2) is 8.91 Å². The number of fused-ring (bicyclic) bond motifs is 1. The van der Waals surface area contributed by atoms with Gasteiger partial charge in [0.1, 0.15) is 5.82 Å². The third-order valence-corrected chi connectivity index (χ3v) is 2.94. The average Bonchev–Trinajstić information content (AvgIpc) is 2.72. The number of rotatable bonds is 1. The summed E-state index contributed by atoms with van der Waals surface area (Å²) in [5.74, 6) is 0.367. The van der Waals surface area contributed by atoms with Crippen molar-refractivity contribution in [3.05, 3.63) is 24.1 Å². The van der Waals surface area contributed by atoms with E-state index in [-0.39, 0.29) is 5.82 Å². The third-order valence-electron chi connectivity index (χ3n) is 2.94. The summed E-state index contributed by atoms with van der Waals surface area (Å²) >= 11 is 0. The van der Waals surface area contributed by atoms with E-state index in [1.54, 1.807) is 6.07 Å². The Morgan fingerprint density at radius 2 is 2.35 bits per heavy atom. The Bertz CT molecular complexity index is 538. The minimum absolute atomic E-state index is 0.303. The third kappa shape index (κ3) is 1.95. The highest BCUT2D eigenvalue weighted by molar-refractivity contribution is 5.44. The highest BCUT2D eigenvalue weighted by atomic mass is 19.1. The second-order valence-electron chi connectivity index (χ2n) is 4.36. The topological polar surface area (TPSA) is 45.5 Å². The van der Waals surface area contributed by atoms with Crippen molar-refractivity contribution in [2.75, 3.05) is 24.5 Å². The van der Waals surface area contributed by atoms with E-state index in [0.29, 0.717) is 17.6 Å². The van der Waals surface area contributed by atoms with E-state index < -0.39 is 0 Å². The second-order valence-corrected chi connectivity index (χ2v) is 4.36. The van der Waals surface area contributed by atoms with Crippen LogP contribution in [-0.4, -0.2) is 40.3 Å².